The van der Waals surface area contributed by atoms with Gasteiger partial charge in [0.1, 0.15) is 0 Å². The van der Waals surface area contributed by atoms with Crippen LogP contribution in [0.5, 0.6) is 0 Å². The molecule has 0 aliphatic heterocycles. The average molecular weight is 361 g/mol. The highest BCUT2D eigenvalue weighted by Gasteiger charge is 2.29. The van der Waals surface area contributed by atoms with E-state index < -0.39 is 11.7 Å². The van der Waals surface area contributed by atoms with Crippen molar-refractivity contribution in [3.8, 4) is 0 Å². The second-order valence-corrected chi connectivity index (χ2v) is 7.09. The molecule has 0 saturated heterocycles. The zero-order valence-corrected chi connectivity index (χ0v) is 14.7. The largest absolute Gasteiger partial charge is 0.416 e. The van der Waals surface area contributed by atoms with Gasteiger partial charge in [0.25, 0.3) is 0 Å². The Labute approximate surface area is 151 Å². The summed E-state index contributed by atoms with van der Waals surface area (Å²) in [5.74, 6) is 0.479. The van der Waals surface area contributed by atoms with Crippen LogP contribution in [0.15, 0.2) is 42.5 Å². The van der Waals surface area contributed by atoms with E-state index in [-0.39, 0.29) is 12.3 Å². The molecule has 0 bridgehead atoms. The smallest absolute Gasteiger partial charge is 0.326 e. The number of halogens is 3. The Bertz CT molecular complexity index is 781. The van der Waals surface area contributed by atoms with Crippen LogP contribution in [-0.2, 0) is 30.2 Å². The van der Waals surface area contributed by atoms with Crippen molar-refractivity contribution in [3.05, 3.63) is 64.7 Å². The number of hydrogen-bond acceptors (Lipinski definition) is 1. The Morgan fingerprint density at radius 1 is 1.04 bits per heavy atom. The van der Waals surface area contributed by atoms with Crippen LogP contribution in [0.2, 0.25) is 0 Å². The van der Waals surface area contributed by atoms with Gasteiger partial charge in [-0.1, -0.05) is 25.1 Å². The maximum absolute atomic E-state index is 12.6. The molecule has 138 valence electrons. The van der Waals surface area contributed by atoms with Crippen LogP contribution in [0, 0.1) is 5.92 Å². The molecular weight excluding hydrogens is 339 g/mol. The molecule has 0 spiro atoms. The third-order valence-corrected chi connectivity index (χ3v) is 4.95. The predicted octanol–water partition coefficient (Wildman–Crippen LogP) is 5.40. The Morgan fingerprint density at radius 2 is 1.69 bits per heavy atom. The summed E-state index contributed by atoms with van der Waals surface area (Å²) >= 11 is 0. The molecule has 1 atom stereocenters. The van der Waals surface area contributed by atoms with Crippen LogP contribution in [-0.4, -0.2) is 5.91 Å². The molecule has 0 saturated carbocycles. The summed E-state index contributed by atoms with van der Waals surface area (Å²) in [6.45, 7) is 2.26. The molecule has 26 heavy (non-hydrogen) atoms. The first kappa shape index (κ1) is 18.5. The van der Waals surface area contributed by atoms with E-state index in [0.717, 1.165) is 37.1 Å². The summed E-state index contributed by atoms with van der Waals surface area (Å²) in [7, 11) is 0. The summed E-state index contributed by atoms with van der Waals surface area (Å²) in [5.41, 5.74) is 3.22. The van der Waals surface area contributed by atoms with E-state index in [4.69, 9.17) is 0 Å². The predicted molar refractivity (Wildman–Crippen MR) is 96.0 cm³/mol. The minimum Gasteiger partial charge on any atom is -0.326 e. The molecule has 0 heterocycles. The first-order valence-corrected chi connectivity index (χ1v) is 8.89. The fourth-order valence-electron chi connectivity index (χ4n) is 3.33. The van der Waals surface area contributed by atoms with E-state index in [1.54, 1.807) is 0 Å². The van der Waals surface area contributed by atoms with E-state index in [0.29, 0.717) is 11.5 Å². The molecule has 1 unspecified atom stereocenters. The molecule has 0 radical (unpaired) electrons. The summed E-state index contributed by atoms with van der Waals surface area (Å²) in [6.07, 6.45) is 0.102. The summed E-state index contributed by atoms with van der Waals surface area (Å²) in [5, 5.41) is 2.86. The molecule has 1 amide bonds. The fourth-order valence-corrected chi connectivity index (χ4v) is 3.33. The van der Waals surface area contributed by atoms with Crippen LogP contribution in [0.3, 0.4) is 0 Å². The molecule has 2 nitrogen and oxygen atoms in total. The van der Waals surface area contributed by atoms with Crippen LogP contribution < -0.4 is 5.32 Å². The van der Waals surface area contributed by atoms with Crippen LogP contribution >= 0.6 is 0 Å². The molecule has 0 aromatic heterocycles. The highest BCUT2D eigenvalue weighted by Crippen LogP contribution is 2.29. The van der Waals surface area contributed by atoms with Gasteiger partial charge in [-0.3, -0.25) is 4.79 Å². The van der Waals surface area contributed by atoms with Crippen molar-refractivity contribution in [1.82, 2.24) is 0 Å². The highest BCUT2D eigenvalue weighted by molar-refractivity contribution is 5.92. The number of rotatable bonds is 3. The van der Waals surface area contributed by atoms with Crippen molar-refractivity contribution in [1.29, 1.82) is 0 Å². The second kappa shape index (κ2) is 7.52. The van der Waals surface area contributed by atoms with E-state index in [1.165, 1.54) is 29.7 Å². The fraction of sp³-hybridized carbons (Fsp3) is 0.381. The van der Waals surface area contributed by atoms with Gasteiger partial charge in [-0.2, -0.15) is 13.2 Å². The number of hydrogen-bond donors (Lipinski definition) is 1. The van der Waals surface area contributed by atoms with Crippen molar-refractivity contribution in [2.45, 2.75) is 45.2 Å². The molecule has 5 heteroatoms. The monoisotopic (exact) mass is 361 g/mol. The summed E-state index contributed by atoms with van der Waals surface area (Å²) in [6, 6.07) is 10.7. The van der Waals surface area contributed by atoms with Crippen LogP contribution in [0.25, 0.3) is 0 Å². The van der Waals surface area contributed by atoms with Crippen LogP contribution in [0.1, 0.15) is 42.0 Å². The van der Waals surface area contributed by atoms with Gasteiger partial charge in [0.2, 0.25) is 5.91 Å². The lowest BCUT2D eigenvalue weighted by Gasteiger charge is -2.11. The number of carbonyl (C=O) groups is 1. The van der Waals surface area contributed by atoms with Gasteiger partial charge in [0, 0.05) is 5.69 Å². The van der Waals surface area contributed by atoms with Crippen molar-refractivity contribution in [2.75, 3.05) is 5.32 Å². The normalized spacial score (nSPS) is 17.3. The number of benzene rings is 2. The lowest BCUT2D eigenvalue weighted by atomic mass is 10.0. The Morgan fingerprint density at radius 3 is 2.35 bits per heavy atom. The molecule has 3 rings (SSSR count). The SMILES string of the molecule is CC1CCc2ccc(NC(=O)Cc3ccc(C(F)(F)F)cc3)cc2CC1. The number of fused-ring (bicyclic) bond motifs is 1. The van der Waals surface area contributed by atoms with Crippen molar-refractivity contribution >= 4 is 11.6 Å². The van der Waals surface area contributed by atoms with Crippen molar-refractivity contribution in [3.63, 3.8) is 0 Å². The highest BCUT2D eigenvalue weighted by atomic mass is 19.4. The lowest BCUT2D eigenvalue weighted by molar-refractivity contribution is -0.137. The van der Waals surface area contributed by atoms with E-state index in [2.05, 4.69) is 18.3 Å². The maximum atomic E-state index is 12.6. The first-order valence-electron chi connectivity index (χ1n) is 8.89. The zero-order valence-electron chi connectivity index (χ0n) is 14.7. The van der Waals surface area contributed by atoms with Gasteiger partial charge < -0.3 is 5.32 Å². The second-order valence-electron chi connectivity index (χ2n) is 7.09. The maximum Gasteiger partial charge on any atom is 0.416 e. The molecule has 0 fully saturated rings. The topological polar surface area (TPSA) is 29.1 Å². The molecule has 1 N–H and O–H groups in total. The molecule has 1 aliphatic rings. The van der Waals surface area contributed by atoms with Gasteiger partial charge in [-0.15, -0.1) is 0 Å². The third-order valence-electron chi connectivity index (χ3n) is 4.95. The van der Waals surface area contributed by atoms with E-state index in [9.17, 15) is 18.0 Å². The first-order chi connectivity index (χ1) is 12.3. The molecule has 2 aromatic carbocycles. The minimum atomic E-state index is -4.36. The molecule has 1 aliphatic carbocycles. The number of alkyl halides is 3. The number of aryl methyl sites for hydroxylation is 2. The minimum absolute atomic E-state index is 0.0479. The van der Waals surface area contributed by atoms with E-state index >= 15 is 0 Å². The van der Waals surface area contributed by atoms with Crippen LogP contribution in [0.4, 0.5) is 18.9 Å². The van der Waals surface area contributed by atoms with Crippen molar-refractivity contribution < 1.29 is 18.0 Å². The average Bonchev–Trinajstić information content (AvgIpc) is 2.76. The number of carbonyl (C=O) groups excluding carboxylic acids is 1. The molecule has 2 aromatic rings. The number of nitrogens with one attached hydrogen (secondary N) is 1. The molecular formula is C21H22F3NO. The van der Waals surface area contributed by atoms with E-state index in [1.807, 2.05) is 12.1 Å². The standard InChI is InChI=1S/C21H22F3NO/c1-14-2-6-16-8-11-19(13-17(16)7-3-14)25-20(26)12-15-4-9-18(10-5-15)21(22,23)24/h4-5,8-11,13-14H,2-3,6-7,12H2,1H3,(H,25,26). The van der Waals surface area contributed by atoms with Gasteiger partial charge in [0.05, 0.1) is 12.0 Å². The Kier molecular flexibility index (Phi) is 5.35. The number of amides is 1. The van der Waals surface area contributed by atoms with Gasteiger partial charge in [-0.05, 0) is 72.6 Å². The van der Waals surface area contributed by atoms with Gasteiger partial charge in [0.15, 0.2) is 0 Å². The third kappa shape index (κ3) is 4.65. The quantitative estimate of drug-likeness (QED) is 0.729. The van der Waals surface area contributed by atoms with Crippen molar-refractivity contribution in [2.24, 2.45) is 5.92 Å². The lowest BCUT2D eigenvalue weighted by Crippen LogP contribution is -2.15. The Balaban J connectivity index is 1.63. The zero-order chi connectivity index (χ0) is 18.7. The summed E-state index contributed by atoms with van der Waals surface area (Å²) < 4.78 is 37.7. The Hall–Kier alpha value is -2.30. The van der Waals surface area contributed by atoms with Gasteiger partial charge in [-0.25, -0.2) is 0 Å². The number of anilines is 1. The summed E-state index contributed by atoms with van der Waals surface area (Å²) in [4.78, 5) is 12.2. The van der Waals surface area contributed by atoms with Gasteiger partial charge >= 0.3 is 6.18 Å².